The zero-order valence-electron chi connectivity index (χ0n) is 10.4. The second kappa shape index (κ2) is 5.80. The second-order valence-corrected chi connectivity index (χ2v) is 4.59. The fraction of sp³-hybridized carbons (Fsp3) is 0.500. The molecule has 0 aliphatic carbocycles. The maximum atomic E-state index is 11.9. The molecule has 0 amide bonds. The van der Waals surface area contributed by atoms with E-state index in [9.17, 15) is 4.79 Å². The quantitative estimate of drug-likeness (QED) is 0.774. The van der Waals surface area contributed by atoms with Crippen molar-refractivity contribution >= 4 is 5.78 Å². The molecule has 1 aromatic carbocycles. The Bertz CT molecular complexity index is 340. The van der Waals surface area contributed by atoms with E-state index in [4.69, 9.17) is 5.73 Å². The van der Waals surface area contributed by atoms with Gasteiger partial charge in [0, 0.05) is 18.0 Å². The molecule has 0 fully saturated rings. The lowest BCUT2D eigenvalue weighted by Crippen LogP contribution is -2.29. The van der Waals surface area contributed by atoms with Gasteiger partial charge < -0.3 is 5.73 Å². The lowest BCUT2D eigenvalue weighted by Gasteiger charge is -2.14. The van der Waals surface area contributed by atoms with Crippen molar-refractivity contribution in [3.8, 4) is 0 Å². The van der Waals surface area contributed by atoms with E-state index in [2.05, 4.69) is 6.92 Å². The Morgan fingerprint density at radius 2 is 1.81 bits per heavy atom. The number of aryl methyl sites for hydroxylation is 1. The third-order valence-corrected chi connectivity index (χ3v) is 2.96. The zero-order chi connectivity index (χ0) is 12.1. The van der Waals surface area contributed by atoms with E-state index in [1.54, 1.807) is 0 Å². The van der Waals surface area contributed by atoms with Crippen LogP contribution in [0.15, 0.2) is 24.3 Å². The molecule has 88 valence electrons. The maximum Gasteiger partial charge on any atom is 0.164 e. The molecule has 1 atom stereocenters. The molecule has 2 N–H and O–H groups in total. The van der Waals surface area contributed by atoms with E-state index in [-0.39, 0.29) is 11.8 Å². The number of ketones is 1. The highest BCUT2D eigenvalue weighted by Crippen LogP contribution is 2.11. The molecule has 1 aromatic rings. The summed E-state index contributed by atoms with van der Waals surface area (Å²) in [5.74, 6) is 0.489. The van der Waals surface area contributed by atoms with Crippen LogP contribution in [0.1, 0.15) is 43.1 Å². The molecule has 0 aliphatic rings. The summed E-state index contributed by atoms with van der Waals surface area (Å²) in [4.78, 5) is 11.9. The van der Waals surface area contributed by atoms with Crippen LogP contribution in [-0.2, 0) is 6.42 Å². The van der Waals surface area contributed by atoms with Crippen molar-refractivity contribution in [3.63, 3.8) is 0 Å². The third-order valence-electron chi connectivity index (χ3n) is 2.96. The summed E-state index contributed by atoms with van der Waals surface area (Å²) in [7, 11) is 0. The highest BCUT2D eigenvalue weighted by atomic mass is 16.1. The molecule has 0 saturated carbocycles. The third kappa shape index (κ3) is 3.46. The van der Waals surface area contributed by atoms with E-state index in [1.165, 1.54) is 5.56 Å². The van der Waals surface area contributed by atoms with Crippen LogP contribution in [-0.4, -0.2) is 11.8 Å². The smallest absolute Gasteiger partial charge is 0.164 e. The summed E-state index contributed by atoms with van der Waals surface area (Å²) in [6, 6.07) is 7.77. The molecule has 0 aromatic heterocycles. The van der Waals surface area contributed by atoms with E-state index >= 15 is 0 Å². The molecule has 0 spiro atoms. The Labute approximate surface area is 97.9 Å². The summed E-state index contributed by atoms with van der Waals surface area (Å²) < 4.78 is 0. The molecular weight excluding hydrogens is 198 g/mol. The highest BCUT2D eigenvalue weighted by Gasteiger charge is 2.14. The van der Waals surface area contributed by atoms with Gasteiger partial charge in [0.25, 0.3) is 0 Å². The SMILES string of the molecule is CCc1ccc(C(=O)CC(N)C(C)C)cc1. The van der Waals surface area contributed by atoms with E-state index in [0.717, 1.165) is 12.0 Å². The van der Waals surface area contributed by atoms with Crippen LogP contribution in [0, 0.1) is 5.92 Å². The average Bonchev–Trinajstić information content (AvgIpc) is 2.28. The van der Waals surface area contributed by atoms with Crippen molar-refractivity contribution in [2.24, 2.45) is 11.7 Å². The van der Waals surface area contributed by atoms with Gasteiger partial charge in [0.05, 0.1) is 0 Å². The minimum Gasteiger partial charge on any atom is -0.327 e. The maximum absolute atomic E-state index is 11.9. The first kappa shape index (κ1) is 12.9. The average molecular weight is 219 g/mol. The van der Waals surface area contributed by atoms with Crippen LogP contribution in [0.4, 0.5) is 0 Å². The number of hydrogen-bond donors (Lipinski definition) is 1. The van der Waals surface area contributed by atoms with Crippen molar-refractivity contribution in [1.29, 1.82) is 0 Å². The summed E-state index contributed by atoms with van der Waals surface area (Å²) in [5, 5.41) is 0. The van der Waals surface area contributed by atoms with Gasteiger partial charge in [0.15, 0.2) is 5.78 Å². The van der Waals surface area contributed by atoms with Gasteiger partial charge in [-0.05, 0) is 17.9 Å². The van der Waals surface area contributed by atoms with Crippen molar-refractivity contribution in [1.82, 2.24) is 0 Å². The molecule has 0 radical (unpaired) electrons. The van der Waals surface area contributed by atoms with Gasteiger partial charge in [-0.2, -0.15) is 0 Å². The second-order valence-electron chi connectivity index (χ2n) is 4.59. The van der Waals surface area contributed by atoms with Gasteiger partial charge in [-0.25, -0.2) is 0 Å². The fourth-order valence-electron chi connectivity index (χ4n) is 1.49. The molecule has 0 saturated heterocycles. The van der Waals surface area contributed by atoms with Crippen molar-refractivity contribution in [2.75, 3.05) is 0 Å². The zero-order valence-corrected chi connectivity index (χ0v) is 10.4. The molecular formula is C14H21NO. The topological polar surface area (TPSA) is 43.1 Å². The summed E-state index contributed by atoms with van der Waals surface area (Å²) in [6.07, 6.45) is 1.43. The molecule has 2 heteroatoms. The largest absolute Gasteiger partial charge is 0.327 e. The highest BCUT2D eigenvalue weighted by molar-refractivity contribution is 5.96. The predicted molar refractivity (Wildman–Crippen MR) is 67.6 cm³/mol. The summed E-state index contributed by atoms with van der Waals surface area (Å²) in [6.45, 7) is 6.18. The van der Waals surface area contributed by atoms with Gasteiger partial charge in [0.1, 0.15) is 0 Å². The van der Waals surface area contributed by atoms with Gasteiger partial charge in [-0.3, -0.25) is 4.79 Å². The van der Waals surface area contributed by atoms with Gasteiger partial charge in [-0.15, -0.1) is 0 Å². The van der Waals surface area contributed by atoms with Crippen LogP contribution in [0.5, 0.6) is 0 Å². The Morgan fingerprint density at radius 3 is 2.25 bits per heavy atom. The molecule has 0 bridgehead atoms. The molecule has 1 unspecified atom stereocenters. The Balaban J connectivity index is 2.66. The van der Waals surface area contributed by atoms with E-state index in [0.29, 0.717) is 12.3 Å². The number of rotatable bonds is 5. The first-order valence-corrected chi connectivity index (χ1v) is 5.92. The lowest BCUT2D eigenvalue weighted by molar-refractivity contribution is 0.0967. The molecule has 0 heterocycles. The van der Waals surface area contributed by atoms with Crippen LogP contribution >= 0.6 is 0 Å². The minimum absolute atomic E-state index is 0.0432. The molecule has 1 rings (SSSR count). The summed E-state index contributed by atoms with van der Waals surface area (Å²) in [5.41, 5.74) is 7.92. The van der Waals surface area contributed by atoms with Crippen molar-refractivity contribution < 1.29 is 4.79 Å². The Hall–Kier alpha value is -1.15. The minimum atomic E-state index is -0.0432. The normalized spacial score (nSPS) is 12.8. The number of nitrogens with two attached hydrogens (primary N) is 1. The Kier molecular flexibility index (Phi) is 4.69. The van der Waals surface area contributed by atoms with Gasteiger partial charge in [-0.1, -0.05) is 45.0 Å². The first-order valence-electron chi connectivity index (χ1n) is 5.92. The van der Waals surface area contributed by atoms with Gasteiger partial charge in [0.2, 0.25) is 0 Å². The lowest BCUT2D eigenvalue weighted by atomic mass is 9.96. The van der Waals surface area contributed by atoms with Crippen LogP contribution in [0.25, 0.3) is 0 Å². The molecule has 2 nitrogen and oxygen atoms in total. The number of Topliss-reactive ketones (excluding diaryl/α,β-unsaturated/α-hetero) is 1. The van der Waals surface area contributed by atoms with Crippen LogP contribution < -0.4 is 5.73 Å². The predicted octanol–water partition coefficient (Wildman–Crippen LogP) is 2.81. The summed E-state index contributed by atoms with van der Waals surface area (Å²) >= 11 is 0. The van der Waals surface area contributed by atoms with E-state index in [1.807, 2.05) is 38.1 Å². The van der Waals surface area contributed by atoms with Crippen LogP contribution in [0.3, 0.4) is 0 Å². The first-order chi connectivity index (χ1) is 7.54. The van der Waals surface area contributed by atoms with Crippen molar-refractivity contribution in [2.45, 2.75) is 39.7 Å². The van der Waals surface area contributed by atoms with E-state index < -0.39 is 0 Å². The Morgan fingerprint density at radius 1 is 1.25 bits per heavy atom. The fourth-order valence-corrected chi connectivity index (χ4v) is 1.49. The molecule has 0 aliphatic heterocycles. The number of hydrogen-bond acceptors (Lipinski definition) is 2. The molecule has 16 heavy (non-hydrogen) atoms. The standard InChI is InChI=1S/C14H21NO/c1-4-11-5-7-12(8-6-11)14(16)9-13(15)10(2)3/h5-8,10,13H,4,9,15H2,1-3H3. The monoisotopic (exact) mass is 219 g/mol. The number of carbonyl (C=O) groups excluding carboxylic acids is 1. The van der Waals surface area contributed by atoms with Crippen LogP contribution in [0.2, 0.25) is 0 Å². The number of carbonyl (C=O) groups is 1. The van der Waals surface area contributed by atoms with Gasteiger partial charge >= 0.3 is 0 Å². The van der Waals surface area contributed by atoms with Crippen molar-refractivity contribution in [3.05, 3.63) is 35.4 Å². The number of benzene rings is 1.